The molecule has 92 valence electrons. The number of fused-ring (bicyclic) bond motifs is 1. The van der Waals surface area contributed by atoms with E-state index in [1.54, 1.807) is 11.3 Å². The van der Waals surface area contributed by atoms with Crippen LogP contribution >= 0.6 is 11.3 Å². The smallest absolute Gasteiger partial charge is 0.108 e. The molecule has 0 aliphatic carbocycles. The van der Waals surface area contributed by atoms with Gasteiger partial charge in [0.2, 0.25) is 0 Å². The van der Waals surface area contributed by atoms with Gasteiger partial charge in [-0.3, -0.25) is 4.90 Å². The lowest BCUT2D eigenvalue weighted by Crippen LogP contribution is -2.43. The average Bonchev–Trinajstić information content (AvgIpc) is 2.70. The molecule has 1 N–H and O–H groups in total. The first-order valence-corrected chi connectivity index (χ1v) is 6.51. The molecule has 2 rings (SSSR count). The molecule has 0 saturated heterocycles. The van der Waals surface area contributed by atoms with Crippen molar-refractivity contribution in [3.63, 3.8) is 0 Å². The highest BCUT2D eigenvalue weighted by atomic mass is 32.1. The topological polar surface area (TPSA) is 36.4 Å². The minimum atomic E-state index is -0.210. The number of benzene rings is 1. The third-order valence-corrected chi connectivity index (χ3v) is 4.15. The summed E-state index contributed by atoms with van der Waals surface area (Å²) in [4.78, 5) is 6.73. The summed E-state index contributed by atoms with van der Waals surface area (Å²) in [7, 11) is 2.02. The number of aromatic nitrogens is 1. The van der Waals surface area contributed by atoms with Gasteiger partial charge in [-0.25, -0.2) is 4.98 Å². The van der Waals surface area contributed by atoms with Crippen molar-refractivity contribution in [1.82, 2.24) is 9.88 Å². The van der Waals surface area contributed by atoms with Gasteiger partial charge in [-0.1, -0.05) is 12.1 Å². The summed E-state index contributed by atoms with van der Waals surface area (Å²) < 4.78 is 1.22. The number of aliphatic hydroxyl groups excluding tert-OH is 1. The van der Waals surface area contributed by atoms with E-state index < -0.39 is 0 Å². The molecule has 0 aliphatic heterocycles. The summed E-state index contributed by atoms with van der Waals surface area (Å²) in [5.74, 6) is 0. The van der Waals surface area contributed by atoms with Gasteiger partial charge < -0.3 is 5.11 Å². The van der Waals surface area contributed by atoms with Crippen LogP contribution in [0.4, 0.5) is 0 Å². The third kappa shape index (κ3) is 2.65. The zero-order valence-corrected chi connectivity index (χ0v) is 11.3. The summed E-state index contributed by atoms with van der Waals surface area (Å²) in [5, 5.41) is 10.4. The predicted octanol–water partition coefficient (Wildman–Crippen LogP) is 2.50. The second-order valence-electron chi connectivity index (χ2n) is 4.90. The molecule has 0 saturated carbocycles. The molecule has 1 aromatic carbocycles. The van der Waals surface area contributed by atoms with E-state index in [2.05, 4.69) is 16.0 Å². The first-order chi connectivity index (χ1) is 8.03. The largest absolute Gasteiger partial charge is 0.394 e. The SMILES string of the molecule is CN(Cc1nc2ccccc2s1)C(C)(C)CO. The van der Waals surface area contributed by atoms with E-state index in [0.29, 0.717) is 0 Å². The van der Waals surface area contributed by atoms with E-state index in [0.717, 1.165) is 17.1 Å². The van der Waals surface area contributed by atoms with Crippen molar-refractivity contribution in [1.29, 1.82) is 0 Å². The summed E-state index contributed by atoms with van der Waals surface area (Å²) in [6.07, 6.45) is 0. The number of para-hydroxylation sites is 1. The van der Waals surface area contributed by atoms with Gasteiger partial charge in [-0.15, -0.1) is 11.3 Å². The standard InChI is InChI=1S/C13H18N2OS/c1-13(2,9-16)15(3)8-12-14-10-6-4-5-7-11(10)17-12/h4-7,16H,8-9H2,1-3H3. The zero-order valence-electron chi connectivity index (χ0n) is 10.5. The summed E-state index contributed by atoms with van der Waals surface area (Å²) in [6.45, 7) is 4.97. The number of likely N-dealkylation sites (N-methyl/N-ethyl adjacent to an activating group) is 1. The monoisotopic (exact) mass is 250 g/mol. The van der Waals surface area contributed by atoms with Crippen LogP contribution in [0.25, 0.3) is 10.2 Å². The number of hydrogen-bond acceptors (Lipinski definition) is 4. The van der Waals surface area contributed by atoms with E-state index in [1.807, 2.05) is 39.1 Å². The lowest BCUT2D eigenvalue weighted by molar-refractivity contribution is 0.0734. The molecule has 1 aromatic heterocycles. The fourth-order valence-corrected chi connectivity index (χ4v) is 2.55. The molecule has 1 heterocycles. The van der Waals surface area contributed by atoms with E-state index in [-0.39, 0.29) is 12.1 Å². The van der Waals surface area contributed by atoms with Gasteiger partial charge >= 0.3 is 0 Å². The van der Waals surface area contributed by atoms with Crippen molar-refractivity contribution >= 4 is 21.6 Å². The van der Waals surface area contributed by atoms with Crippen molar-refractivity contribution in [2.24, 2.45) is 0 Å². The molecule has 0 radical (unpaired) electrons. The van der Waals surface area contributed by atoms with E-state index in [9.17, 15) is 5.11 Å². The first kappa shape index (κ1) is 12.5. The molecule has 3 nitrogen and oxygen atoms in total. The molecular formula is C13H18N2OS. The maximum Gasteiger partial charge on any atom is 0.108 e. The second kappa shape index (κ2) is 4.72. The highest BCUT2D eigenvalue weighted by Crippen LogP contribution is 2.24. The summed E-state index contributed by atoms with van der Waals surface area (Å²) in [6, 6.07) is 8.17. The fraction of sp³-hybridized carbons (Fsp3) is 0.462. The van der Waals surface area contributed by atoms with E-state index in [4.69, 9.17) is 0 Å². The van der Waals surface area contributed by atoms with E-state index >= 15 is 0 Å². The van der Waals surface area contributed by atoms with Gasteiger partial charge in [0.25, 0.3) is 0 Å². The molecule has 0 aliphatic rings. The molecule has 4 heteroatoms. The summed E-state index contributed by atoms with van der Waals surface area (Å²) in [5.41, 5.74) is 0.848. The molecule has 0 atom stereocenters. The highest BCUT2D eigenvalue weighted by Gasteiger charge is 2.23. The minimum Gasteiger partial charge on any atom is -0.394 e. The lowest BCUT2D eigenvalue weighted by Gasteiger charge is -2.33. The van der Waals surface area contributed by atoms with Gasteiger partial charge in [0.1, 0.15) is 5.01 Å². The van der Waals surface area contributed by atoms with Crippen molar-refractivity contribution < 1.29 is 5.11 Å². The van der Waals surface area contributed by atoms with Crippen molar-refractivity contribution in [3.05, 3.63) is 29.3 Å². The number of thiazole rings is 1. The third-order valence-electron chi connectivity index (χ3n) is 3.13. The molecule has 0 fully saturated rings. The Morgan fingerprint density at radius 2 is 2.06 bits per heavy atom. The van der Waals surface area contributed by atoms with Crippen molar-refractivity contribution in [2.45, 2.75) is 25.9 Å². The lowest BCUT2D eigenvalue weighted by atomic mass is 10.1. The highest BCUT2D eigenvalue weighted by molar-refractivity contribution is 7.18. The van der Waals surface area contributed by atoms with Gasteiger partial charge in [0.05, 0.1) is 23.4 Å². The molecule has 0 bridgehead atoms. The Labute approximate surface area is 106 Å². The Balaban J connectivity index is 2.18. The number of aliphatic hydroxyl groups is 1. The van der Waals surface area contributed by atoms with Crippen LogP contribution in [0.15, 0.2) is 24.3 Å². The quantitative estimate of drug-likeness (QED) is 0.905. The van der Waals surface area contributed by atoms with Gasteiger partial charge in [0, 0.05) is 5.54 Å². The maximum absolute atomic E-state index is 9.32. The minimum absolute atomic E-state index is 0.147. The molecule has 0 unspecified atom stereocenters. The van der Waals surface area contributed by atoms with Crippen LogP contribution < -0.4 is 0 Å². The Morgan fingerprint density at radius 1 is 1.35 bits per heavy atom. The molecular weight excluding hydrogens is 232 g/mol. The van der Waals surface area contributed by atoms with Crippen LogP contribution in [-0.2, 0) is 6.54 Å². The number of hydrogen-bond donors (Lipinski definition) is 1. The predicted molar refractivity (Wildman–Crippen MR) is 72.3 cm³/mol. The van der Waals surface area contributed by atoms with Gasteiger partial charge in [-0.05, 0) is 33.0 Å². The van der Waals surface area contributed by atoms with Crippen molar-refractivity contribution in [2.75, 3.05) is 13.7 Å². The normalized spacial score (nSPS) is 12.5. The van der Waals surface area contributed by atoms with Crippen LogP contribution in [0.2, 0.25) is 0 Å². The summed E-state index contributed by atoms with van der Waals surface area (Å²) >= 11 is 1.72. The molecule has 0 amide bonds. The van der Waals surface area contributed by atoms with Crippen molar-refractivity contribution in [3.8, 4) is 0 Å². The Kier molecular flexibility index (Phi) is 3.47. The number of rotatable bonds is 4. The first-order valence-electron chi connectivity index (χ1n) is 5.69. The fourth-order valence-electron chi connectivity index (χ4n) is 1.53. The van der Waals surface area contributed by atoms with Crippen LogP contribution in [-0.4, -0.2) is 34.2 Å². The second-order valence-corrected chi connectivity index (χ2v) is 6.02. The molecule has 2 aromatic rings. The Bertz CT molecular complexity index is 474. The molecule has 17 heavy (non-hydrogen) atoms. The van der Waals surface area contributed by atoms with Gasteiger partial charge in [0.15, 0.2) is 0 Å². The maximum atomic E-state index is 9.32. The average molecular weight is 250 g/mol. The van der Waals surface area contributed by atoms with Crippen LogP contribution in [0.3, 0.4) is 0 Å². The van der Waals surface area contributed by atoms with E-state index in [1.165, 1.54) is 4.70 Å². The van der Waals surface area contributed by atoms with Crippen LogP contribution in [0, 0.1) is 0 Å². The zero-order chi connectivity index (χ0) is 12.5. The number of nitrogens with zero attached hydrogens (tertiary/aromatic N) is 2. The van der Waals surface area contributed by atoms with Crippen LogP contribution in [0.5, 0.6) is 0 Å². The van der Waals surface area contributed by atoms with Crippen LogP contribution in [0.1, 0.15) is 18.9 Å². The molecule has 0 spiro atoms. The Hall–Kier alpha value is -0.970. The Morgan fingerprint density at radius 3 is 2.71 bits per heavy atom. The van der Waals surface area contributed by atoms with Gasteiger partial charge in [-0.2, -0.15) is 0 Å².